The van der Waals surface area contributed by atoms with Crippen molar-refractivity contribution in [3.8, 4) is 0 Å². The SMILES string of the molecule is CCCCCC[C@@H](NC(=O)c1cc(F)cc(F)c1)C(N)=O. The molecule has 4 nitrogen and oxygen atoms in total. The number of nitrogens with one attached hydrogen (secondary N) is 1. The molecular weight excluding hydrogens is 278 g/mol. The van der Waals surface area contributed by atoms with Crippen LogP contribution in [0, 0.1) is 11.6 Å². The molecule has 3 N–H and O–H groups in total. The largest absolute Gasteiger partial charge is 0.368 e. The monoisotopic (exact) mass is 298 g/mol. The third-order valence-corrected chi connectivity index (χ3v) is 3.12. The number of carbonyl (C=O) groups excluding carboxylic acids is 2. The van der Waals surface area contributed by atoms with Crippen LogP contribution in [-0.2, 0) is 4.79 Å². The summed E-state index contributed by atoms with van der Waals surface area (Å²) in [6, 6.07) is 1.66. The van der Waals surface area contributed by atoms with Gasteiger partial charge in [-0.15, -0.1) is 0 Å². The highest BCUT2D eigenvalue weighted by atomic mass is 19.1. The number of nitrogens with two attached hydrogens (primary N) is 1. The van der Waals surface area contributed by atoms with Crippen LogP contribution in [0.2, 0.25) is 0 Å². The maximum absolute atomic E-state index is 13.1. The fourth-order valence-corrected chi connectivity index (χ4v) is 1.99. The number of benzene rings is 1. The summed E-state index contributed by atoms with van der Waals surface area (Å²) in [6.07, 6.45) is 4.19. The van der Waals surface area contributed by atoms with E-state index in [2.05, 4.69) is 12.2 Å². The second-order valence-electron chi connectivity index (χ2n) is 4.94. The van der Waals surface area contributed by atoms with E-state index in [1.807, 2.05) is 0 Å². The van der Waals surface area contributed by atoms with E-state index in [9.17, 15) is 18.4 Å². The van der Waals surface area contributed by atoms with Crippen molar-refractivity contribution in [3.05, 3.63) is 35.4 Å². The molecule has 2 amide bonds. The molecule has 0 unspecified atom stereocenters. The number of hydrogen-bond donors (Lipinski definition) is 2. The Hall–Kier alpha value is -1.98. The molecule has 6 heteroatoms. The first-order valence-corrected chi connectivity index (χ1v) is 7.00. The number of hydrogen-bond acceptors (Lipinski definition) is 2. The van der Waals surface area contributed by atoms with E-state index in [1.165, 1.54) is 0 Å². The van der Waals surface area contributed by atoms with Gasteiger partial charge in [0.15, 0.2) is 0 Å². The topological polar surface area (TPSA) is 72.2 Å². The first-order chi connectivity index (χ1) is 9.93. The van der Waals surface area contributed by atoms with Crippen molar-refractivity contribution < 1.29 is 18.4 Å². The number of halogens is 2. The summed E-state index contributed by atoms with van der Waals surface area (Å²) < 4.78 is 26.1. The maximum Gasteiger partial charge on any atom is 0.252 e. The molecule has 0 aliphatic heterocycles. The molecule has 0 bridgehead atoms. The number of unbranched alkanes of at least 4 members (excludes halogenated alkanes) is 3. The summed E-state index contributed by atoms with van der Waals surface area (Å²) in [7, 11) is 0. The first-order valence-electron chi connectivity index (χ1n) is 7.00. The van der Waals surface area contributed by atoms with Crippen molar-refractivity contribution in [2.75, 3.05) is 0 Å². The van der Waals surface area contributed by atoms with Gasteiger partial charge in [0.1, 0.15) is 17.7 Å². The summed E-state index contributed by atoms with van der Waals surface area (Å²) in [5.74, 6) is -3.07. The number of amides is 2. The first kappa shape index (κ1) is 17.1. The highest BCUT2D eigenvalue weighted by Crippen LogP contribution is 2.10. The van der Waals surface area contributed by atoms with Gasteiger partial charge in [-0.3, -0.25) is 9.59 Å². The molecule has 0 saturated heterocycles. The molecule has 0 spiro atoms. The zero-order valence-corrected chi connectivity index (χ0v) is 12.0. The van der Waals surface area contributed by atoms with Crippen LogP contribution in [-0.4, -0.2) is 17.9 Å². The van der Waals surface area contributed by atoms with Gasteiger partial charge in [0.25, 0.3) is 5.91 Å². The van der Waals surface area contributed by atoms with Crippen molar-refractivity contribution in [2.45, 2.75) is 45.1 Å². The van der Waals surface area contributed by atoms with E-state index < -0.39 is 29.5 Å². The standard InChI is InChI=1S/C15H20F2N2O2/c1-2-3-4-5-6-13(14(18)20)19-15(21)10-7-11(16)9-12(17)8-10/h7-9,13H,2-6H2,1H3,(H2,18,20)(H,19,21)/t13-/m1/s1. The Kier molecular flexibility index (Phi) is 6.78. The Balaban J connectivity index is 2.65. The molecule has 21 heavy (non-hydrogen) atoms. The molecule has 0 aliphatic rings. The molecule has 0 aromatic heterocycles. The fraction of sp³-hybridized carbons (Fsp3) is 0.467. The van der Waals surface area contributed by atoms with E-state index in [0.29, 0.717) is 12.5 Å². The van der Waals surface area contributed by atoms with E-state index in [-0.39, 0.29) is 5.56 Å². The van der Waals surface area contributed by atoms with Crippen molar-refractivity contribution in [2.24, 2.45) is 5.73 Å². The predicted octanol–water partition coefficient (Wildman–Crippen LogP) is 2.52. The second kappa shape index (κ2) is 8.34. The van der Waals surface area contributed by atoms with Gasteiger partial charge in [-0.05, 0) is 18.6 Å². The summed E-state index contributed by atoms with van der Waals surface area (Å²) in [5.41, 5.74) is 5.06. The molecule has 0 saturated carbocycles. The quantitative estimate of drug-likeness (QED) is 0.724. The van der Waals surface area contributed by atoms with Crippen molar-refractivity contribution in [3.63, 3.8) is 0 Å². The predicted molar refractivity (Wildman–Crippen MR) is 75.6 cm³/mol. The van der Waals surface area contributed by atoms with Crippen LogP contribution in [0.1, 0.15) is 49.4 Å². The molecule has 1 aromatic carbocycles. The highest BCUT2D eigenvalue weighted by molar-refractivity contribution is 5.97. The molecule has 0 radical (unpaired) electrons. The van der Waals surface area contributed by atoms with Crippen LogP contribution >= 0.6 is 0 Å². The molecule has 0 heterocycles. The van der Waals surface area contributed by atoms with Gasteiger partial charge in [0, 0.05) is 11.6 Å². The lowest BCUT2D eigenvalue weighted by Crippen LogP contribution is -2.44. The van der Waals surface area contributed by atoms with Gasteiger partial charge in [-0.25, -0.2) is 8.78 Å². The number of carbonyl (C=O) groups is 2. The Morgan fingerprint density at radius 3 is 2.29 bits per heavy atom. The summed E-state index contributed by atoms with van der Waals surface area (Å²) >= 11 is 0. The van der Waals surface area contributed by atoms with Crippen LogP contribution in [0.5, 0.6) is 0 Å². The van der Waals surface area contributed by atoms with E-state index in [0.717, 1.165) is 37.8 Å². The zero-order valence-electron chi connectivity index (χ0n) is 12.0. The van der Waals surface area contributed by atoms with Crippen molar-refractivity contribution in [1.29, 1.82) is 0 Å². The summed E-state index contributed by atoms with van der Waals surface area (Å²) in [4.78, 5) is 23.2. The minimum Gasteiger partial charge on any atom is -0.368 e. The normalized spacial score (nSPS) is 12.0. The van der Waals surface area contributed by atoms with Crippen molar-refractivity contribution in [1.82, 2.24) is 5.32 Å². The molecular formula is C15H20F2N2O2. The van der Waals surface area contributed by atoms with E-state index in [1.54, 1.807) is 0 Å². The van der Waals surface area contributed by atoms with Gasteiger partial charge >= 0.3 is 0 Å². The average Bonchev–Trinajstić information content (AvgIpc) is 2.40. The fourth-order valence-electron chi connectivity index (χ4n) is 1.99. The van der Waals surface area contributed by atoms with Crippen LogP contribution in [0.25, 0.3) is 0 Å². The summed E-state index contributed by atoms with van der Waals surface area (Å²) in [5, 5.41) is 2.42. The second-order valence-corrected chi connectivity index (χ2v) is 4.94. The minimum absolute atomic E-state index is 0.174. The Morgan fingerprint density at radius 2 is 1.76 bits per heavy atom. The molecule has 1 atom stereocenters. The van der Waals surface area contributed by atoms with E-state index >= 15 is 0 Å². The van der Waals surface area contributed by atoms with Crippen LogP contribution < -0.4 is 11.1 Å². The molecule has 116 valence electrons. The minimum atomic E-state index is -0.848. The Labute approximate surface area is 122 Å². The highest BCUT2D eigenvalue weighted by Gasteiger charge is 2.19. The molecule has 1 aromatic rings. The third kappa shape index (κ3) is 5.89. The molecule has 0 aliphatic carbocycles. The Bertz CT molecular complexity index is 486. The van der Waals surface area contributed by atoms with Crippen LogP contribution in [0.4, 0.5) is 8.78 Å². The van der Waals surface area contributed by atoms with Gasteiger partial charge < -0.3 is 11.1 Å². The third-order valence-electron chi connectivity index (χ3n) is 3.12. The van der Waals surface area contributed by atoms with Gasteiger partial charge in [0.2, 0.25) is 5.91 Å². The van der Waals surface area contributed by atoms with Gasteiger partial charge in [-0.2, -0.15) is 0 Å². The van der Waals surface area contributed by atoms with Crippen molar-refractivity contribution >= 4 is 11.8 Å². The zero-order chi connectivity index (χ0) is 15.8. The maximum atomic E-state index is 13.1. The Morgan fingerprint density at radius 1 is 1.14 bits per heavy atom. The lowest BCUT2D eigenvalue weighted by molar-refractivity contribution is -0.120. The van der Waals surface area contributed by atoms with Crippen LogP contribution in [0.15, 0.2) is 18.2 Å². The van der Waals surface area contributed by atoms with Gasteiger partial charge in [0.05, 0.1) is 0 Å². The number of primary amides is 1. The molecule has 1 rings (SSSR count). The van der Waals surface area contributed by atoms with E-state index in [4.69, 9.17) is 5.73 Å². The lowest BCUT2D eigenvalue weighted by atomic mass is 10.1. The lowest BCUT2D eigenvalue weighted by Gasteiger charge is -2.15. The van der Waals surface area contributed by atoms with Crippen LogP contribution in [0.3, 0.4) is 0 Å². The number of rotatable bonds is 8. The molecule has 0 fully saturated rings. The van der Waals surface area contributed by atoms with Gasteiger partial charge in [-0.1, -0.05) is 32.6 Å². The summed E-state index contributed by atoms with van der Waals surface area (Å²) in [6.45, 7) is 2.06. The average molecular weight is 298 g/mol. The smallest absolute Gasteiger partial charge is 0.252 e.